The van der Waals surface area contributed by atoms with Crippen LogP contribution in [0.2, 0.25) is 0 Å². The fourth-order valence-electron chi connectivity index (χ4n) is 4.39. The standard InChI is InChI=1S/C22H28N4O/c1-4-15(5-2)13-26-11-10-18-20(24-14-23-18)21(26)17-12-16-8-6-7-9-19(16)25(3)22(17)27/h6-9,12,14-15,21H,4-5,10-11,13H2,1-3H3,(H,23,24). The lowest BCUT2D eigenvalue weighted by molar-refractivity contribution is 0.171. The molecule has 1 aliphatic rings. The number of aromatic amines is 1. The molecule has 1 unspecified atom stereocenters. The van der Waals surface area contributed by atoms with Gasteiger partial charge >= 0.3 is 0 Å². The van der Waals surface area contributed by atoms with Crippen LogP contribution in [-0.2, 0) is 13.5 Å². The lowest BCUT2D eigenvalue weighted by Gasteiger charge is -2.37. The second-order valence-electron chi connectivity index (χ2n) is 7.62. The van der Waals surface area contributed by atoms with Crippen LogP contribution >= 0.6 is 0 Å². The molecule has 0 spiro atoms. The normalized spacial score (nSPS) is 17.6. The first-order chi connectivity index (χ1) is 13.1. The van der Waals surface area contributed by atoms with Crippen molar-refractivity contribution in [3.05, 3.63) is 64.0 Å². The zero-order chi connectivity index (χ0) is 19.0. The largest absolute Gasteiger partial charge is 0.348 e. The lowest BCUT2D eigenvalue weighted by Crippen LogP contribution is -2.42. The maximum atomic E-state index is 13.3. The summed E-state index contributed by atoms with van der Waals surface area (Å²) < 4.78 is 1.78. The third-order valence-electron chi connectivity index (χ3n) is 6.13. The van der Waals surface area contributed by atoms with Crippen molar-refractivity contribution < 1.29 is 0 Å². The molecule has 3 aromatic rings. The van der Waals surface area contributed by atoms with Crippen molar-refractivity contribution in [3.63, 3.8) is 0 Å². The molecule has 0 fully saturated rings. The molecule has 0 saturated carbocycles. The first-order valence-corrected chi connectivity index (χ1v) is 9.98. The SMILES string of the molecule is CCC(CC)CN1CCc2[nH]cnc2C1c1cc2ccccc2n(C)c1=O. The second kappa shape index (κ2) is 7.31. The smallest absolute Gasteiger partial charge is 0.255 e. The first-order valence-electron chi connectivity index (χ1n) is 9.98. The molecular formula is C22H28N4O. The van der Waals surface area contributed by atoms with Gasteiger partial charge in [-0.1, -0.05) is 44.9 Å². The highest BCUT2D eigenvalue weighted by Crippen LogP contribution is 2.34. The van der Waals surface area contributed by atoms with Gasteiger partial charge in [0.05, 0.1) is 23.6 Å². The zero-order valence-corrected chi connectivity index (χ0v) is 16.4. The van der Waals surface area contributed by atoms with E-state index in [2.05, 4.69) is 40.8 Å². The topological polar surface area (TPSA) is 53.9 Å². The Hall–Kier alpha value is -2.40. The van der Waals surface area contributed by atoms with E-state index in [0.717, 1.165) is 60.2 Å². The number of benzene rings is 1. The molecule has 5 nitrogen and oxygen atoms in total. The molecule has 1 atom stereocenters. The number of rotatable bonds is 5. The van der Waals surface area contributed by atoms with Crippen LogP contribution in [0.25, 0.3) is 10.9 Å². The Balaban J connectivity index is 1.87. The third kappa shape index (κ3) is 3.10. The van der Waals surface area contributed by atoms with Crippen molar-refractivity contribution in [3.8, 4) is 0 Å². The molecule has 1 aliphatic heterocycles. The molecule has 5 heteroatoms. The van der Waals surface area contributed by atoms with Gasteiger partial charge in [0.15, 0.2) is 0 Å². The summed E-state index contributed by atoms with van der Waals surface area (Å²) in [6.45, 7) is 6.45. The average Bonchev–Trinajstić information content (AvgIpc) is 3.17. The number of hydrogen-bond donors (Lipinski definition) is 1. The minimum absolute atomic E-state index is 0.0732. The van der Waals surface area contributed by atoms with Crippen molar-refractivity contribution in [2.24, 2.45) is 13.0 Å². The van der Waals surface area contributed by atoms with Crippen LogP contribution in [-0.4, -0.2) is 32.5 Å². The molecule has 0 radical (unpaired) electrons. The van der Waals surface area contributed by atoms with Crippen LogP contribution in [0, 0.1) is 5.92 Å². The maximum absolute atomic E-state index is 13.3. The van der Waals surface area contributed by atoms with Crippen LogP contribution in [0.15, 0.2) is 41.5 Å². The number of para-hydroxylation sites is 1. The minimum atomic E-state index is -0.0797. The highest BCUT2D eigenvalue weighted by molar-refractivity contribution is 5.79. The van der Waals surface area contributed by atoms with E-state index in [-0.39, 0.29) is 11.6 Å². The van der Waals surface area contributed by atoms with E-state index in [0.29, 0.717) is 5.92 Å². The maximum Gasteiger partial charge on any atom is 0.255 e. The Morgan fingerprint density at radius 1 is 1.26 bits per heavy atom. The number of H-pyrrole nitrogens is 1. The Labute approximate surface area is 160 Å². The van der Waals surface area contributed by atoms with Gasteiger partial charge in [0, 0.05) is 37.8 Å². The van der Waals surface area contributed by atoms with Gasteiger partial charge in [-0.15, -0.1) is 0 Å². The number of nitrogens with zero attached hydrogens (tertiary/aromatic N) is 3. The van der Waals surface area contributed by atoms with Gasteiger partial charge < -0.3 is 9.55 Å². The van der Waals surface area contributed by atoms with E-state index in [1.165, 1.54) is 0 Å². The molecule has 0 amide bonds. The van der Waals surface area contributed by atoms with Crippen LogP contribution in [0.1, 0.15) is 49.7 Å². The molecule has 3 heterocycles. The quantitative estimate of drug-likeness (QED) is 0.752. The molecule has 0 bridgehead atoms. The predicted molar refractivity (Wildman–Crippen MR) is 109 cm³/mol. The fraction of sp³-hybridized carbons (Fsp3) is 0.455. The number of aryl methyl sites for hydroxylation is 1. The van der Waals surface area contributed by atoms with E-state index in [1.807, 2.05) is 25.2 Å². The molecule has 1 aromatic carbocycles. The van der Waals surface area contributed by atoms with Crippen molar-refractivity contribution in [2.75, 3.05) is 13.1 Å². The molecule has 2 aromatic heterocycles. The van der Waals surface area contributed by atoms with Crippen LogP contribution < -0.4 is 5.56 Å². The van der Waals surface area contributed by atoms with Gasteiger partial charge in [0.1, 0.15) is 0 Å². The van der Waals surface area contributed by atoms with Crippen LogP contribution in [0.5, 0.6) is 0 Å². The Morgan fingerprint density at radius 2 is 2.04 bits per heavy atom. The van der Waals surface area contributed by atoms with Crippen molar-refractivity contribution in [1.29, 1.82) is 0 Å². The molecular weight excluding hydrogens is 336 g/mol. The Morgan fingerprint density at radius 3 is 2.81 bits per heavy atom. The summed E-state index contributed by atoms with van der Waals surface area (Å²) in [4.78, 5) is 23.7. The third-order valence-corrected chi connectivity index (χ3v) is 6.13. The van der Waals surface area contributed by atoms with E-state index < -0.39 is 0 Å². The summed E-state index contributed by atoms with van der Waals surface area (Å²) >= 11 is 0. The lowest BCUT2D eigenvalue weighted by atomic mass is 9.93. The molecule has 4 rings (SSSR count). The van der Waals surface area contributed by atoms with Crippen molar-refractivity contribution in [1.82, 2.24) is 19.4 Å². The second-order valence-corrected chi connectivity index (χ2v) is 7.62. The number of imidazole rings is 1. The van der Waals surface area contributed by atoms with Crippen molar-refractivity contribution >= 4 is 10.9 Å². The number of pyridine rings is 1. The van der Waals surface area contributed by atoms with Crippen LogP contribution in [0.4, 0.5) is 0 Å². The van der Waals surface area contributed by atoms with Crippen LogP contribution in [0.3, 0.4) is 0 Å². The Kier molecular flexibility index (Phi) is 4.87. The number of hydrogen-bond acceptors (Lipinski definition) is 3. The van der Waals surface area contributed by atoms with Gasteiger partial charge in [-0.25, -0.2) is 4.98 Å². The summed E-state index contributed by atoms with van der Waals surface area (Å²) in [5, 5.41) is 1.10. The molecule has 0 aliphatic carbocycles. The fourth-order valence-corrected chi connectivity index (χ4v) is 4.39. The predicted octanol–water partition coefficient (Wildman–Crippen LogP) is 3.65. The summed E-state index contributed by atoms with van der Waals surface area (Å²) in [6, 6.07) is 10.1. The number of fused-ring (bicyclic) bond motifs is 2. The van der Waals surface area contributed by atoms with E-state index in [4.69, 9.17) is 0 Å². The summed E-state index contributed by atoms with van der Waals surface area (Å²) in [5.74, 6) is 0.636. The summed E-state index contributed by atoms with van der Waals surface area (Å²) in [5.41, 5.74) is 4.05. The summed E-state index contributed by atoms with van der Waals surface area (Å²) in [7, 11) is 1.87. The number of aromatic nitrogens is 3. The van der Waals surface area contributed by atoms with Gasteiger partial charge in [0.2, 0.25) is 0 Å². The molecule has 27 heavy (non-hydrogen) atoms. The van der Waals surface area contributed by atoms with Gasteiger partial charge in [-0.2, -0.15) is 0 Å². The van der Waals surface area contributed by atoms with Gasteiger partial charge in [-0.3, -0.25) is 9.69 Å². The highest BCUT2D eigenvalue weighted by Gasteiger charge is 2.34. The van der Waals surface area contributed by atoms with E-state index in [1.54, 1.807) is 10.9 Å². The first kappa shape index (κ1) is 18.0. The number of nitrogens with one attached hydrogen (secondary N) is 1. The highest BCUT2D eigenvalue weighted by atomic mass is 16.1. The monoisotopic (exact) mass is 364 g/mol. The average molecular weight is 364 g/mol. The minimum Gasteiger partial charge on any atom is -0.348 e. The molecule has 0 saturated heterocycles. The Bertz CT molecular complexity index is 999. The summed E-state index contributed by atoms with van der Waals surface area (Å²) in [6.07, 6.45) is 5.04. The van der Waals surface area contributed by atoms with E-state index in [9.17, 15) is 4.79 Å². The van der Waals surface area contributed by atoms with Gasteiger partial charge in [-0.05, 0) is 23.4 Å². The molecule has 142 valence electrons. The van der Waals surface area contributed by atoms with E-state index >= 15 is 0 Å². The zero-order valence-electron chi connectivity index (χ0n) is 16.4. The molecule has 1 N–H and O–H groups in total. The van der Waals surface area contributed by atoms with Gasteiger partial charge in [0.25, 0.3) is 5.56 Å². The van der Waals surface area contributed by atoms with Crippen molar-refractivity contribution in [2.45, 2.75) is 39.2 Å².